The number of hydrogen-bond donors (Lipinski definition) is 0. The molecule has 0 bridgehead atoms. The van der Waals surface area contributed by atoms with E-state index in [1.54, 1.807) is 11.8 Å². The third-order valence-electron chi connectivity index (χ3n) is 0.963. The van der Waals surface area contributed by atoms with E-state index >= 15 is 0 Å². The molecular weight excluding hydrogens is 172 g/mol. The van der Waals surface area contributed by atoms with E-state index in [9.17, 15) is 0 Å². The normalized spacial score (nSPS) is 9.56. The Morgan fingerprint density at radius 3 is 2.67 bits per heavy atom. The highest BCUT2D eigenvalue weighted by Crippen LogP contribution is 2.10. The summed E-state index contributed by atoms with van der Waals surface area (Å²) >= 11 is 11.7. The van der Waals surface area contributed by atoms with Crippen LogP contribution < -0.4 is 0 Å². The van der Waals surface area contributed by atoms with E-state index in [0.717, 1.165) is 5.75 Å². The quantitative estimate of drug-likeness (QED) is 0.371. The van der Waals surface area contributed by atoms with Crippen LogP contribution >= 0.6 is 35.6 Å². The highest BCUT2D eigenvalue weighted by Gasteiger charge is 1.90. The predicted molar refractivity (Wildman–Crippen MR) is 50.4 cm³/mol. The van der Waals surface area contributed by atoms with E-state index in [1.165, 1.54) is 19.3 Å². The number of unbranched alkanes of at least 4 members (excludes halogenated alkanes) is 2. The van der Waals surface area contributed by atoms with Crippen molar-refractivity contribution in [3.63, 3.8) is 0 Å². The van der Waals surface area contributed by atoms with Crippen LogP contribution in [0.5, 0.6) is 0 Å². The third-order valence-corrected chi connectivity index (χ3v) is 2.36. The first kappa shape index (κ1) is 9.73. The molecule has 0 aromatic rings. The van der Waals surface area contributed by atoms with Gasteiger partial charge in [0.05, 0.1) is 0 Å². The standard InChI is InChI=1S/C6H11ClS2/c1-2-3-4-5-9-6(7)8/h2-5H2,1H3. The molecule has 54 valence electrons. The van der Waals surface area contributed by atoms with E-state index in [2.05, 4.69) is 19.1 Å². The van der Waals surface area contributed by atoms with Crippen molar-refractivity contribution < 1.29 is 0 Å². The van der Waals surface area contributed by atoms with Crippen molar-refractivity contribution in [3.8, 4) is 0 Å². The number of hydrogen-bond acceptors (Lipinski definition) is 2. The van der Waals surface area contributed by atoms with Gasteiger partial charge >= 0.3 is 0 Å². The van der Waals surface area contributed by atoms with Crippen molar-refractivity contribution in [1.82, 2.24) is 0 Å². The van der Waals surface area contributed by atoms with Gasteiger partial charge in [-0.3, -0.25) is 0 Å². The van der Waals surface area contributed by atoms with Gasteiger partial charge in [-0.2, -0.15) is 0 Å². The third kappa shape index (κ3) is 8.73. The zero-order chi connectivity index (χ0) is 7.11. The summed E-state index contributed by atoms with van der Waals surface area (Å²) in [7, 11) is 0. The van der Waals surface area contributed by atoms with Crippen LogP contribution in [0.25, 0.3) is 0 Å². The fourth-order valence-electron chi connectivity index (χ4n) is 0.504. The molecule has 0 N–H and O–H groups in total. The monoisotopic (exact) mass is 182 g/mol. The van der Waals surface area contributed by atoms with Crippen LogP contribution in [-0.2, 0) is 0 Å². The molecule has 9 heavy (non-hydrogen) atoms. The van der Waals surface area contributed by atoms with Gasteiger partial charge in [0.25, 0.3) is 0 Å². The molecule has 0 heterocycles. The number of halogens is 1. The van der Waals surface area contributed by atoms with Crippen LogP contribution in [0.4, 0.5) is 0 Å². The van der Waals surface area contributed by atoms with Crippen molar-refractivity contribution in [2.75, 3.05) is 5.75 Å². The molecule has 0 amide bonds. The van der Waals surface area contributed by atoms with Crippen molar-refractivity contribution in [2.45, 2.75) is 26.2 Å². The lowest BCUT2D eigenvalue weighted by Gasteiger charge is -1.94. The Hall–Kier alpha value is 0.730. The lowest BCUT2D eigenvalue weighted by atomic mass is 10.3. The summed E-state index contributed by atoms with van der Waals surface area (Å²) in [4.78, 5) is 0. The van der Waals surface area contributed by atoms with Crippen LogP contribution in [0.3, 0.4) is 0 Å². The van der Waals surface area contributed by atoms with Gasteiger partial charge < -0.3 is 0 Å². The lowest BCUT2D eigenvalue weighted by Crippen LogP contribution is -1.80. The first-order chi connectivity index (χ1) is 4.27. The molecule has 0 saturated carbocycles. The Morgan fingerprint density at radius 2 is 2.22 bits per heavy atom. The summed E-state index contributed by atoms with van der Waals surface area (Å²) < 4.78 is 0.547. The number of rotatable bonds is 4. The van der Waals surface area contributed by atoms with Gasteiger partial charge in [-0.05, 0) is 12.2 Å². The number of thiocarbonyl (C=S) groups is 1. The molecular formula is C6H11ClS2. The highest BCUT2D eigenvalue weighted by atomic mass is 35.5. The van der Waals surface area contributed by atoms with Gasteiger partial charge in [0, 0.05) is 0 Å². The average Bonchev–Trinajstić information content (AvgIpc) is 1.80. The Bertz CT molecular complexity index is 83.1. The summed E-state index contributed by atoms with van der Waals surface area (Å²) in [6.45, 7) is 2.18. The fraction of sp³-hybridized carbons (Fsp3) is 0.833. The topological polar surface area (TPSA) is 0 Å². The van der Waals surface area contributed by atoms with Crippen LogP contribution in [0.1, 0.15) is 26.2 Å². The Kier molecular flexibility index (Phi) is 7.40. The lowest BCUT2D eigenvalue weighted by molar-refractivity contribution is 0.779. The zero-order valence-electron chi connectivity index (χ0n) is 5.52. The van der Waals surface area contributed by atoms with Crippen LogP contribution in [0.2, 0.25) is 0 Å². The fourth-order valence-corrected chi connectivity index (χ4v) is 1.49. The van der Waals surface area contributed by atoms with Gasteiger partial charge in [-0.1, -0.05) is 43.6 Å². The first-order valence-corrected chi connectivity index (χ1v) is 4.86. The second kappa shape index (κ2) is 6.84. The SMILES string of the molecule is CCCCCSC(=S)Cl. The van der Waals surface area contributed by atoms with Gasteiger partial charge in [0.2, 0.25) is 0 Å². The zero-order valence-corrected chi connectivity index (χ0v) is 7.91. The second-order valence-electron chi connectivity index (χ2n) is 1.79. The summed E-state index contributed by atoms with van der Waals surface area (Å²) in [6.07, 6.45) is 3.77. The summed E-state index contributed by atoms with van der Waals surface area (Å²) in [5, 5.41) is 0. The maximum atomic E-state index is 5.45. The van der Waals surface area contributed by atoms with Crippen LogP contribution in [0.15, 0.2) is 0 Å². The maximum absolute atomic E-state index is 5.45. The van der Waals surface area contributed by atoms with Gasteiger partial charge in [-0.15, -0.1) is 11.8 Å². The highest BCUT2D eigenvalue weighted by molar-refractivity contribution is 8.26. The van der Waals surface area contributed by atoms with E-state index in [1.807, 2.05) is 0 Å². The minimum Gasteiger partial charge on any atom is -0.103 e. The van der Waals surface area contributed by atoms with E-state index in [-0.39, 0.29) is 0 Å². The number of thioether (sulfide) groups is 1. The molecule has 0 spiro atoms. The van der Waals surface area contributed by atoms with Crippen molar-refractivity contribution in [3.05, 3.63) is 0 Å². The molecule has 0 nitrogen and oxygen atoms in total. The Morgan fingerprint density at radius 1 is 1.56 bits per heavy atom. The van der Waals surface area contributed by atoms with Crippen molar-refractivity contribution >= 4 is 39.2 Å². The minimum absolute atomic E-state index is 0.547. The van der Waals surface area contributed by atoms with E-state index in [4.69, 9.17) is 11.6 Å². The smallest absolute Gasteiger partial charge is 0.103 e. The van der Waals surface area contributed by atoms with Crippen LogP contribution in [-0.4, -0.2) is 9.41 Å². The molecule has 0 atom stereocenters. The van der Waals surface area contributed by atoms with Crippen molar-refractivity contribution in [1.29, 1.82) is 0 Å². The summed E-state index contributed by atoms with van der Waals surface area (Å²) in [6, 6.07) is 0. The molecule has 0 aliphatic heterocycles. The maximum Gasteiger partial charge on any atom is 0.137 e. The molecule has 3 heteroatoms. The molecule has 0 aromatic carbocycles. The van der Waals surface area contributed by atoms with Gasteiger partial charge in [0.1, 0.15) is 3.66 Å². The average molecular weight is 183 g/mol. The van der Waals surface area contributed by atoms with E-state index in [0.29, 0.717) is 3.66 Å². The molecule has 0 unspecified atom stereocenters. The Labute approximate surface area is 71.3 Å². The van der Waals surface area contributed by atoms with E-state index < -0.39 is 0 Å². The minimum atomic E-state index is 0.547. The Balaban J connectivity index is 2.83. The summed E-state index contributed by atoms with van der Waals surface area (Å²) in [5.74, 6) is 1.08. The molecule has 0 fully saturated rings. The molecule has 0 radical (unpaired) electrons. The van der Waals surface area contributed by atoms with Crippen molar-refractivity contribution in [2.24, 2.45) is 0 Å². The molecule has 0 aliphatic carbocycles. The molecule has 0 rings (SSSR count). The largest absolute Gasteiger partial charge is 0.137 e. The van der Waals surface area contributed by atoms with Gasteiger partial charge in [-0.25, -0.2) is 0 Å². The first-order valence-electron chi connectivity index (χ1n) is 3.09. The van der Waals surface area contributed by atoms with Gasteiger partial charge in [0.15, 0.2) is 0 Å². The second-order valence-corrected chi connectivity index (χ2v) is 4.39. The summed E-state index contributed by atoms with van der Waals surface area (Å²) in [5.41, 5.74) is 0. The predicted octanol–water partition coefficient (Wildman–Crippen LogP) is 3.43. The molecule has 0 aliphatic rings. The molecule has 0 aromatic heterocycles. The van der Waals surface area contributed by atoms with Crippen LogP contribution in [0, 0.1) is 0 Å². The molecule has 0 saturated heterocycles.